The molecule has 2 saturated heterocycles. The van der Waals surface area contributed by atoms with Crippen LogP contribution in [0, 0.1) is 6.92 Å². The number of piperidine rings is 1. The van der Waals surface area contributed by atoms with Crippen LogP contribution in [0.5, 0.6) is 5.75 Å². The highest BCUT2D eigenvalue weighted by Gasteiger charge is 2.42. The summed E-state index contributed by atoms with van der Waals surface area (Å²) in [6.07, 6.45) is 4.40. The molecule has 194 valence electrons. The molecule has 2 aliphatic heterocycles. The lowest BCUT2D eigenvalue weighted by Gasteiger charge is -2.43. The van der Waals surface area contributed by atoms with Gasteiger partial charge in [0.15, 0.2) is 0 Å². The van der Waals surface area contributed by atoms with Gasteiger partial charge in [-0.15, -0.1) is 0 Å². The van der Waals surface area contributed by atoms with E-state index >= 15 is 0 Å². The molecule has 4 rings (SSSR count). The van der Waals surface area contributed by atoms with Crippen LogP contribution in [0.15, 0.2) is 42.5 Å². The first-order chi connectivity index (χ1) is 17.3. The molecular weight excluding hydrogens is 499 g/mol. The summed E-state index contributed by atoms with van der Waals surface area (Å²) in [5, 5.41) is 1.35. The van der Waals surface area contributed by atoms with Crippen molar-refractivity contribution in [1.29, 1.82) is 0 Å². The van der Waals surface area contributed by atoms with Crippen molar-refractivity contribution in [1.82, 2.24) is 9.80 Å². The van der Waals surface area contributed by atoms with Crippen molar-refractivity contribution in [2.45, 2.75) is 51.0 Å². The summed E-state index contributed by atoms with van der Waals surface area (Å²) in [7, 11) is 0. The van der Waals surface area contributed by atoms with E-state index in [4.69, 9.17) is 32.7 Å². The molecule has 0 unspecified atom stereocenters. The normalized spacial score (nSPS) is 20.3. The number of benzene rings is 2. The number of hydrogen-bond donors (Lipinski definition) is 0. The number of rotatable bonds is 8. The van der Waals surface area contributed by atoms with Gasteiger partial charge in [0.05, 0.1) is 19.6 Å². The van der Waals surface area contributed by atoms with Crippen LogP contribution in [-0.4, -0.2) is 66.6 Å². The lowest BCUT2D eigenvalue weighted by atomic mass is 9.95. The first-order valence-corrected chi connectivity index (χ1v) is 13.4. The van der Waals surface area contributed by atoms with Gasteiger partial charge in [-0.05, 0) is 74.1 Å². The summed E-state index contributed by atoms with van der Waals surface area (Å²) in [5.41, 5.74) is 1.07. The molecule has 2 heterocycles. The first-order valence-electron chi connectivity index (χ1n) is 12.7. The Morgan fingerprint density at radius 1 is 0.972 bits per heavy atom. The smallest absolute Gasteiger partial charge is 0.225 e. The van der Waals surface area contributed by atoms with Crippen molar-refractivity contribution in [2.24, 2.45) is 0 Å². The van der Waals surface area contributed by atoms with Crippen molar-refractivity contribution in [3.05, 3.63) is 63.6 Å². The summed E-state index contributed by atoms with van der Waals surface area (Å²) in [6, 6.07) is 13.0. The molecule has 2 aliphatic rings. The van der Waals surface area contributed by atoms with E-state index in [1.807, 2.05) is 53.1 Å². The average molecular weight is 533 g/mol. The number of hydrogen-bond acceptors (Lipinski definition) is 4. The summed E-state index contributed by atoms with van der Waals surface area (Å²) in [5.74, 6) is 0.767. The molecule has 2 aromatic rings. The Hall–Kier alpha value is -2.28. The Morgan fingerprint density at radius 2 is 1.72 bits per heavy atom. The molecule has 0 radical (unpaired) electrons. The van der Waals surface area contributed by atoms with Gasteiger partial charge in [-0.1, -0.05) is 35.3 Å². The van der Waals surface area contributed by atoms with Gasteiger partial charge in [-0.25, -0.2) is 0 Å². The average Bonchev–Trinajstić information content (AvgIpc) is 2.89. The summed E-state index contributed by atoms with van der Waals surface area (Å²) in [6.45, 7) is 4.82. The summed E-state index contributed by atoms with van der Waals surface area (Å²) < 4.78 is 12.4. The predicted octanol–water partition coefficient (Wildman–Crippen LogP) is 5.31. The zero-order valence-corrected chi connectivity index (χ0v) is 22.3. The number of amides is 2. The molecule has 36 heavy (non-hydrogen) atoms. The highest BCUT2D eigenvalue weighted by molar-refractivity contribution is 6.31. The SMILES string of the molecule is Cc1cc(OC[C@]2(CC(=O)N3CCCCC3)CN(C(=O)CCc3ccc(Cl)cc3)CCO2)ccc1Cl. The van der Waals surface area contributed by atoms with Crippen LogP contribution in [0.25, 0.3) is 0 Å². The van der Waals surface area contributed by atoms with Crippen molar-refractivity contribution in [3.63, 3.8) is 0 Å². The molecule has 0 aliphatic carbocycles. The Kier molecular flexibility index (Phi) is 9.15. The van der Waals surface area contributed by atoms with Gasteiger partial charge in [0, 0.05) is 36.1 Å². The number of carbonyl (C=O) groups is 2. The van der Waals surface area contributed by atoms with Crippen molar-refractivity contribution >= 4 is 35.0 Å². The van der Waals surface area contributed by atoms with Crippen LogP contribution in [0.2, 0.25) is 10.0 Å². The third kappa shape index (κ3) is 7.15. The maximum atomic E-state index is 13.3. The molecule has 0 spiro atoms. The van der Waals surface area contributed by atoms with Crippen LogP contribution in [0.4, 0.5) is 0 Å². The lowest BCUT2D eigenvalue weighted by molar-refractivity contribution is -0.166. The van der Waals surface area contributed by atoms with E-state index in [0.29, 0.717) is 48.3 Å². The van der Waals surface area contributed by atoms with Gasteiger partial charge in [-0.2, -0.15) is 0 Å². The van der Waals surface area contributed by atoms with Gasteiger partial charge >= 0.3 is 0 Å². The van der Waals surface area contributed by atoms with Crippen molar-refractivity contribution in [3.8, 4) is 5.75 Å². The Labute approximate surface area is 223 Å². The molecule has 2 fully saturated rings. The number of morpholine rings is 1. The molecule has 0 N–H and O–H groups in total. The second-order valence-electron chi connectivity index (χ2n) is 9.79. The van der Waals surface area contributed by atoms with E-state index in [1.54, 1.807) is 6.07 Å². The number of ether oxygens (including phenoxy) is 2. The fourth-order valence-electron chi connectivity index (χ4n) is 4.82. The number of nitrogens with zero attached hydrogens (tertiary/aromatic N) is 2. The second kappa shape index (κ2) is 12.3. The van der Waals surface area contributed by atoms with Crippen LogP contribution in [-0.2, 0) is 20.7 Å². The largest absolute Gasteiger partial charge is 0.490 e. The third-order valence-electron chi connectivity index (χ3n) is 6.96. The predicted molar refractivity (Wildman–Crippen MR) is 142 cm³/mol. The fraction of sp³-hybridized carbons (Fsp3) is 0.500. The summed E-state index contributed by atoms with van der Waals surface area (Å²) >= 11 is 12.1. The minimum atomic E-state index is -0.906. The lowest BCUT2D eigenvalue weighted by Crippen LogP contribution is -2.58. The molecule has 0 saturated carbocycles. The molecule has 2 amide bonds. The van der Waals surface area contributed by atoms with Gasteiger partial charge in [-0.3, -0.25) is 9.59 Å². The molecule has 6 nitrogen and oxygen atoms in total. The van der Waals surface area contributed by atoms with Crippen LogP contribution >= 0.6 is 23.2 Å². The van der Waals surface area contributed by atoms with Crippen LogP contribution in [0.3, 0.4) is 0 Å². The fourth-order valence-corrected chi connectivity index (χ4v) is 5.06. The zero-order chi connectivity index (χ0) is 25.5. The van der Waals surface area contributed by atoms with Crippen molar-refractivity contribution in [2.75, 3.05) is 39.4 Å². The maximum Gasteiger partial charge on any atom is 0.225 e. The van der Waals surface area contributed by atoms with E-state index in [2.05, 4.69) is 0 Å². The summed E-state index contributed by atoms with van der Waals surface area (Å²) in [4.78, 5) is 30.2. The van der Waals surface area contributed by atoms with E-state index in [0.717, 1.165) is 43.5 Å². The number of carbonyl (C=O) groups excluding carboxylic acids is 2. The zero-order valence-electron chi connectivity index (χ0n) is 20.8. The van der Waals surface area contributed by atoms with Crippen LogP contribution in [0.1, 0.15) is 43.2 Å². The Bertz CT molecular complexity index is 1060. The second-order valence-corrected chi connectivity index (χ2v) is 10.6. The highest BCUT2D eigenvalue weighted by atomic mass is 35.5. The molecular formula is C28H34Cl2N2O4. The van der Waals surface area contributed by atoms with Crippen LogP contribution < -0.4 is 4.74 Å². The monoisotopic (exact) mass is 532 g/mol. The number of likely N-dealkylation sites (tertiary alicyclic amines) is 1. The molecule has 1 atom stereocenters. The topological polar surface area (TPSA) is 59.1 Å². The van der Waals surface area contributed by atoms with E-state index in [-0.39, 0.29) is 24.8 Å². The molecule has 0 bridgehead atoms. The van der Waals surface area contributed by atoms with Gasteiger partial charge in [0.25, 0.3) is 0 Å². The van der Waals surface area contributed by atoms with Crippen molar-refractivity contribution < 1.29 is 19.1 Å². The quantitative estimate of drug-likeness (QED) is 0.462. The molecule has 8 heteroatoms. The minimum Gasteiger partial charge on any atom is -0.490 e. The maximum absolute atomic E-state index is 13.3. The van der Waals surface area contributed by atoms with E-state index < -0.39 is 5.60 Å². The van der Waals surface area contributed by atoms with Gasteiger partial charge < -0.3 is 19.3 Å². The Balaban J connectivity index is 1.45. The number of aryl methyl sites for hydroxylation is 2. The molecule has 0 aromatic heterocycles. The minimum absolute atomic E-state index is 0.0467. The van der Waals surface area contributed by atoms with Gasteiger partial charge in [0.1, 0.15) is 18.0 Å². The first kappa shape index (κ1) is 26.8. The Morgan fingerprint density at radius 3 is 2.44 bits per heavy atom. The van der Waals surface area contributed by atoms with Gasteiger partial charge in [0.2, 0.25) is 11.8 Å². The van der Waals surface area contributed by atoms with E-state index in [9.17, 15) is 9.59 Å². The standard InChI is InChI=1S/C28H34Cl2N2O4/c1-21-17-24(10-11-25(21)30)35-20-28(18-27(34)31-13-3-2-4-14-31)19-32(15-16-36-28)26(33)12-7-22-5-8-23(29)9-6-22/h5-6,8-11,17H,2-4,7,12-16,18-20H2,1H3/t28-/m0/s1. The molecule has 2 aromatic carbocycles. The highest BCUT2D eigenvalue weighted by Crippen LogP contribution is 2.28. The van der Waals surface area contributed by atoms with E-state index in [1.165, 1.54) is 0 Å². The number of halogens is 2. The third-order valence-corrected chi connectivity index (χ3v) is 7.63.